The van der Waals surface area contributed by atoms with Gasteiger partial charge in [-0.2, -0.15) is 0 Å². The van der Waals surface area contributed by atoms with E-state index in [9.17, 15) is 4.79 Å². The summed E-state index contributed by atoms with van der Waals surface area (Å²) in [6, 6.07) is 12.1. The van der Waals surface area contributed by atoms with Gasteiger partial charge in [-0.25, -0.2) is 0 Å². The average Bonchev–Trinajstić information content (AvgIpc) is 2.62. The predicted molar refractivity (Wildman–Crippen MR) is 105 cm³/mol. The van der Waals surface area contributed by atoms with E-state index in [1.165, 1.54) is 11.1 Å². The second-order valence-electron chi connectivity index (χ2n) is 6.49. The molecule has 0 spiro atoms. The lowest BCUT2D eigenvalue weighted by Crippen LogP contribution is -2.30. The molecule has 2 aromatic rings. The normalized spacial score (nSPS) is 10.5. The summed E-state index contributed by atoms with van der Waals surface area (Å²) in [5, 5.41) is 2.92. The number of ether oxygens (including phenoxy) is 2. The van der Waals surface area contributed by atoms with Crippen molar-refractivity contribution in [3.63, 3.8) is 0 Å². The van der Waals surface area contributed by atoms with Crippen LogP contribution in [0.5, 0.6) is 11.5 Å². The third kappa shape index (κ3) is 5.80. The molecule has 1 amide bonds. The largest absolute Gasteiger partial charge is 0.494 e. The molecule has 0 saturated carbocycles. The number of carbonyl (C=O) groups is 1. The number of benzene rings is 2. The van der Waals surface area contributed by atoms with Gasteiger partial charge in [0.15, 0.2) is 6.61 Å². The van der Waals surface area contributed by atoms with Gasteiger partial charge >= 0.3 is 0 Å². The number of amides is 1. The van der Waals surface area contributed by atoms with Gasteiger partial charge in [0.05, 0.1) is 6.61 Å². The van der Waals surface area contributed by atoms with Crippen LogP contribution in [0.3, 0.4) is 0 Å². The van der Waals surface area contributed by atoms with E-state index in [0.29, 0.717) is 13.2 Å². The summed E-state index contributed by atoms with van der Waals surface area (Å²) in [6.07, 6.45) is 1.73. The number of carbonyl (C=O) groups excluding carboxylic acids is 1. The van der Waals surface area contributed by atoms with Crippen LogP contribution in [0.25, 0.3) is 0 Å². The van der Waals surface area contributed by atoms with Crippen molar-refractivity contribution in [2.24, 2.45) is 0 Å². The Morgan fingerprint density at radius 3 is 2.58 bits per heavy atom. The molecule has 0 fully saturated rings. The van der Waals surface area contributed by atoms with Crippen LogP contribution in [0.1, 0.15) is 35.6 Å². The van der Waals surface area contributed by atoms with Crippen LogP contribution in [-0.2, 0) is 11.2 Å². The van der Waals surface area contributed by atoms with Gasteiger partial charge in [-0.15, -0.1) is 0 Å². The van der Waals surface area contributed by atoms with Crippen molar-refractivity contribution >= 4 is 5.91 Å². The molecular formula is C22H29NO3. The van der Waals surface area contributed by atoms with Crippen molar-refractivity contribution in [1.82, 2.24) is 5.32 Å². The highest BCUT2D eigenvalue weighted by Crippen LogP contribution is 2.23. The minimum Gasteiger partial charge on any atom is -0.494 e. The molecule has 0 unspecified atom stereocenters. The summed E-state index contributed by atoms with van der Waals surface area (Å²) in [5.74, 6) is 1.61. The fourth-order valence-electron chi connectivity index (χ4n) is 2.86. The van der Waals surface area contributed by atoms with Crippen LogP contribution in [0.2, 0.25) is 0 Å². The Hall–Kier alpha value is -2.49. The molecule has 26 heavy (non-hydrogen) atoms. The lowest BCUT2D eigenvalue weighted by atomic mass is 10.1. The molecule has 2 aromatic carbocycles. The van der Waals surface area contributed by atoms with Crippen LogP contribution < -0.4 is 14.8 Å². The van der Waals surface area contributed by atoms with E-state index in [1.54, 1.807) is 0 Å². The summed E-state index contributed by atoms with van der Waals surface area (Å²) in [6.45, 7) is 9.39. The molecule has 4 heteroatoms. The van der Waals surface area contributed by atoms with Crippen LogP contribution in [0, 0.1) is 20.8 Å². The molecule has 4 nitrogen and oxygen atoms in total. The maximum absolute atomic E-state index is 12.0. The highest BCUT2D eigenvalue weighted by atomic mass is 16.5. The molecule has 0 aromatic heterocycles. The highest BCUT2D eigenvalue weighted by Gasteiger charge is 2.08. The van der Waals surface area contributed by atoms with Crippen molar-refractivity contribution in [3.05, 3.63) is 58.7 Å². The van der Waals surface area contributed by atoms with Crippen molar-refractivity contribution < 1.29 is 14.3 Å². The van der Waals surface area contributed by atoms with Gasteiger partial charge < -0.3 is 14.8 Å². The molecule has 0 bridgehead atoms. The first-order valence-corrected chi connectivity index (χ1v) is 9.19. The van der Waals surface area contributed by atoms with Crippen LogP contribution in [0.4, 0.5) is 0 Å². The third-order valence-electron chi connectivity index (χ3n) is 4.34. The van der Waals surface area contributed by atoms with Gasteiger partial charge in [0.25, 0.3) is 5.91 Å². The van der Waals surface area contributed by atoms with Crippen molar-refractivity contribution in [3.8, 4) is 11.5 Å². The van der Waals surface area contributed by atoms with E-state index in [-0.39, 0.29) is 12.5 Å². The predicted octanol–water partition coefficient (Wildman–Crippen LogP) is 4.14. The molecule has 0 heterocycles. The molecule has 1 N–H and O–H groups in total. The number of rotatable bonds is 9. The lowest BCUT2D eigenvalue weighted by molar-refractivity contribution is -0.123. The standard InChI is InChI=1S/C22H29NO3/c1-5-25-20-11-7-6-9-19(20)10-8-12-23-22(24)15-26-21-14-16(2)13-17(3)18(21)4/h6-7,9,11,13-14H,5,8,10,12,15H2,1-4H3,(H,23,24). The Morgan fingerprint density at radius 1 is 1.04 bits per heavy atom. The zero-order chi connectivity index (χ0) is 18.9. The van der Waals surface area contributed by atoms with Gasteiger partial charge in [-0.1, -0.05) is 24.3 Å². The monoisotopic (exact) mass is 355 g/mol. The smallest absolute Gasteiger partial charge is 0.257 e. The Labute approximate surface area is 156 Å². The van der Waals surface area contributed by atoms with Crippen LogP contribution in [0.15, 0.2) is 36.4 Å². The van der Waals surface area contributed by atoms with E-state index < -0.39 is 0 Å². The maximum atomic E-state index is 12.0. The first-order chi connectivity index (χ1) is 12.5. The van der Waals surface area contributed by atoms with Crippen molar-refractivity contribution in [2.45, 2.75) is 40.5 Å². The van der Waals surface area contributed by atoms with Crippen LogP contribution >= 0.6 is 0 Å². The number of para-hydroxylation sites is 1. The maximum Gasteiger partial charge on any atom is 0.257 e. The molecule has 0 saturated heterocycles. The van der Waals surface area contributed by atoms with Crippen LogP contribution in [-0.4, -0.2) is 25.7 Å². The number of hydrogen-bond acceptors (Lipinski definition) is 3. The summed E-state index contributed by atoms with van der Waals surface area (Å²) in [5.41, 5.74) is 4.56. The van der Waals surface area contributed by atoms with E-state index in [1.807, 2.05) is 45.0 Å². The second-order valence-corrected chi connectivity index (χ2v) is 6.49. The van der Waals surface area contributed by atoms with E-state index in [2.05, 4.69) is 24.4 Å². The molecule has 0 aliphatic heterocycles. The zero-order valence-corrected chi connectivity index (χ0v) is 16.2. The number of aryl methyl sites for hydroxylation is 3. The Kier molecular flexibility index (Phi) is 7.52. The molecule has 0 aliphatic rings. The first-order valence-electron chi connectivity index (χ1n) is 9.19. The Morgan fingerprint density at radius 2 is 1.81 bits per heavy atom. The van der Waals surface area contributed by atoms with E-state index >= 15 is 0 Å². The van der Waals surface area contributed by atoms with Gasteiger partial charge in [-0.05, 0) is 74.9 Å². The summed E-state index contributed by atoms with van der Waals surface area (Å²) in [7, 11) is 0. The fraction of sp³-hybridized carbons (Fsp3) is 0.409. The minimum absolute atomic E-state index is 0.0409. The Balaban J connectivity index is 1.75. The SMILES string of the molecule is CCOc1ccccc1CCCNC(=O)COc1cc(C)cc(C)c1C. The quantitative estimate of drug-likeness (QED) is 0.688. The fourth-order valence-corrected chi connectivity index (χ4v) is 2.86. The lowest BCUT2D eigenvalue weighted by Gasteiger charge is -2.13. The first kappa shape index (κ1) is 19.8. The topological polar surface area (TPSA) is 47.6 Å². The summed E-state index contributed by atoms with van der Waals surface area (Å²) < 4.78 is 11.3. The van der Waals surface area contributed by atoms with E-state index in [0.717, 1.165) is 35.5 Å². The molecule has 2 rings (SSSR count). The molecule has 0 radical (unpaired) electrons. The van der Waals surface area contributed by atoms with Gasteiger partial charge in [-0.3, -0.25) is 4.79 Å². The van der Waals surface area contributed by atoms with Gasteiger partial charge in [0.1, 0.15) is 11.5 Å². The zero-order valence-electron chi connectivity index (χ0n) is 16.2. The summed E-state index contributed by atoms with van der Waals surface area (Å²) >= 11 is 0. The highest BCUT2D eigenvalue weighted by molar-refractivity contribution is 5.77. The van der Waals surface area contributed by atoms with Crippen molar-refractivity contribution in [2.75, 3.05) is 19.8 Å². The second kappa shape index (κ2) is 9.85. The third-order valence-corrected chi connectivity index (χ3v) is 4.34. The molecule has 0 aliphatic carbocycles. The number of nitrogens with one attached hydrogen (secondary N) is 1. The van der Waals surface area contributed by atoms with Gasteiger partial charge in [0.2, 0.25) is 0 Å². The van der Waals surface area contributed by atoms with Crippen molar-refractivity contribution in [1.29, 1.82) is 0 Å². The number of hydrogen-bond donors (Lipinski definition) is 1. The minimum atomic E-state index is -0.0957. The average molecular weight is 355 g/mol. The van der Waals surface area contributed by atoms with Gasteiger partial charge in [0, 0.05) is 6.54 Å². The molecule has 0 atom stereocenters. The molecular weight excluding hydrogens is 326 g/mol. The van der Waals surface area contributed by atoms with E-state index in [4.69, 9.17) is 9.47 Å². The summed E-state index contributed by atoms with van der Waals surface area (Å²) in [4.78, 5) is 12.0. The molecule has 140 valence electrons. The Bertz CT molecular complexity index is 740.